The molecule has 1 fully saturated rings. The number of nitrogens with one attached hydrogen (secondary N) is 1. The topological polar surface area (TPSA) is 47.6 Å². The number of carbonyl (C=O) groups is 1. The van der Waals surface area contributed by atoms with E-state index in [1.54, 1.807) is 0 Å². The molecule has 1 aliphatic rings. The second-order valence-electron chi connectivity index (χ2n) is 3.70. The van der Waals surface area contributed by atoms with Crippen LogP contribution in [0.3, 0.4) is 0 Å². The van der Waals surface area contributed by atoms with Crippen LogP contribution in [0.15, 0.2) is 0 Å². The lowest BCUT2D eigenvalue weighted by Gasteiger charge is -2.24. The summed E-state index contributed by atoms with van der Waals surface area (Å²) in [7, 11) is 0. The van der Waals surface area contributed by atoms with Gasteiger partial charge in [-0.1, -0.05) is 0 Å². The molecule has 1 heterocycles. The molecule has 0 aromatic carbocycles. The van der Waals surface area contributed by atoms with Crippen LogP contribution in [0.5, 0.6) is 0 Å². The largest absolute Gasteiger partial charge is 0.354 e. The molecule has 4 heteroatoms. The molecule has 14 heavy (non-hydrogen) atoms. The molecule has 0 bridgehead atoms. The summed E-state index contributed by atoms with van der Waals surface area (Å²) in [4.78, 5) is 10.7. The number of amides is 1. The minimum absolute atomic E-state index is 0.0166. The van der Waals surface area contributed by atoms with Crippen LogP contribution < -0.4 is 5.32 Å². The van der Waals surface area contributed by atoms with E-state index in [1.807, 2.05) is 6.92 Å². The Hall–Kier alpha value is -0.610. The Bertz CT molecular complexity index is 178. The molecule has 0 aromatic rings. The second-order valence-corrected chi connectivity index (χ2v) is 3.70. The summed E-state index contributed by atoms with van der Waals surface area (Å²) < 4.78 is 10.8. The minimum Gasteiger partial charge on any atom is -0.354 e. The molecule has 0 aliphatic carbocycles. The van der Waals surface area contributed by atoms with Crippen molar-refractivity contribution in [2.24, 2.45) is 0 Å². The zero-order chi connectivity index (χ0) is 10.4. The van der Waals surface area contributed by atoms with Crippen molar-refractivity contribution in [3.8, 4) is 0 Å². The summed E-state index contributed by atoms with van der Waals surface area (Å²) in [6, 6.07) is 0.196. The Balaban J connectivity index is 2.09. The van der Waals surface area contributed by atoms with Crippen LogP contribution in [0.4, 0.5) is 0 Å². The predicted octanol–water partition coefficient (Wildman–Crippen LogP) is 1.05. The van der Waals surface area contributed by atoms with Gasteiger partial charge in [0.25, 0.3) is 0 Å². The first-order chi connectivity index (χ1) is 6.68. The number of carbonyl (C=O) groups excluding carboxylic acids is 1. The van der Waals surface area contributed by atoms with Crippen LogP contribution in [0.2, 0.25) is 0 Å². The van der Waals surface area contributed by atoms with E-state index in [0.29, 0.717) is 0 Å². The zero-order valence-corrected chi connectivity index (χ0v) is 8.91. The summed E-state index contributed by atoms with van der Waals surface area (Å²) in [6.45, 7) is 5.10. The van der Waals surface area contributed by atoms with Crippen molar-refractivity contribution in [1.29, 1.82) is 0 Å². The van der Waals surface area contributed by atoms with E-state index in [0.717, 1.165) is 32.5 Å². The van der Waals surface area contributed by atoms with Crippen molar-refractivity contribution in [2.45, 2.75) is 45.4 Å². The average molecular weight is 201 g/mol. The van der Waals surface area contributed by atoms with Crippen LogP contribution in [0.25, 0.3) is 0 Å². The minimum atomic E-state index is -0.0695. The Morgan fingerprint density at radius 1 is 1.50 bits per heavy atom. The number of ether oxygens (including phenoxy) is 2. The summed E-state index contributed by atoms with van der Waals surface area (Å²) in [5.41, 5.74) is 0. The van der Waals surface area contributed by atoms with Crippen LogP contribution >= 0.6 is 0 Å². The number of hydrogen-bond acceptors (Lipinski definition) is 3. The van der Waals surface area contributed by atoms with Gasteiger partial charge < -0.3 is 14.8 Å². The molecule has 1 saturated heterocycles. The lowest BCUT2D eigenvalue weighted by molar-refractivity contribution is -0.182. The maximum atomic E-state index is 10.7. The van der Waals surface area contributed by atoms with Gasteiger partial charge in [0, 0.05) is 19.4 Å². The van der Waals surface area contributed by atoms with Crippen molar-refractivity contribution in [2.75, 3.05) is 13.2 Å². The molecule has 1 rings (SSSR count). The van der Waals surface area contributed by atoms with Crippen molar-refractivity contribution < 1.29 is 14.3 Å². The Kier molecular flexibility index (Phi) is 4.90. The van der Waals surface area contributed by atoms with Gasteiger partial charge in [0.05, 0.1) is 13.2 Å². The van der Waals surface area contributed by atoms with Gasteiger partial charge in [-0.15, -0.1) is 0 Å². The van der Waals surface area contributed by atoms with Crippen molar-refractivity contribution in [1.82, 2.24) is 5.32 Å². The van der Waals surface area contributed by atoms with Crippen LogP contribution in [0, 0.1) is 0 Å². The van der Waals surface area contributed by atoms with Gasteiger partial charge in [-0.2, -0.15) is 0 Å². The molecule has 0 spiro atoms. The molecular weight excluding hydrogens is 182 g/mol. The molecule has 4 nitrogen and oxygen atoms in total. The predicted molar refractivity (Wildman–Crippen MR) is 52.8 cm³/mol. The molecule has 1 atom stereocenters. The molecule has 1 N–H and O–H groups in total. The van der Waals surface area contributed by atoms with Gasteiger partial charge in [-0.25, -0.2) is 0 Å². The van der Waals surface area contributed by atoms with Gasteiger partial charge in [-0.3, -0.25) is 4.79 Å². The van der Waals surface area contributed by atoms with E-state index < -0.39 is 0 Å². The Labute approximate surface area is 85.0 Å². The SMILES string of the molecule is CC(=O)N[C@@H](C)CCC1OCCCO1. The van der Waals surface area contributed by atoms with Gasteiger partial charge in [0.15, 0.2) is 6.29 Å². The molecule has 82 valence electrons. The second kappa shape index (κ2) is 5.98. The van der Waals surface area contributed by atoms with Crippen LogP contribution in [-0.4, -0.2) is 31.5 Å². The molecular formula is C10H19NO3. The normalized spacial score (nSPS) is 20.4. The first-order valence-electron chi connectivity index (χ1n) is 5.19. The lowest BCUT2D eigenvalue weighted by atomic mass is 10.1. The van der Waals surface area contributed by atoms with E-state index in [-0.39, 0.29) is 18.2 Å². The van der Waals surface area contributed by atoms with E-state index >= 15 is 0 Å². The highest BCUT2D eigenvalue weighted by molar-refractivity contribution is 5.73. The van der Waals surface area contributed by atoms with Crippen LogP contribution in [0.1, 0.15) is 33.1 Å². The van der Waals surface area contributed by atoms with Crippen LogP contribution in [-0.2, 0) is 14.3 Å². The standard InChI is InChI=1S/C10H19NO3/c1-8(11-9(2)12)4-5-10-13-6-3-7-14-10/h8,10H,3-7H2,1-2H3,(H,11,12)/t8-/m0/s1. The molecule has 0 radical (unpaired) electrons. The first-order valence-corrected chi connectivity index (χ1v) is 5.19. The average Bonchev–Trinajstić information content (AvgIpc) is 2.15. The van der Waals surface area contributed by atoms with Gasteiger partial charge >= 0.3 is 0 Å². The molecule has 1 aliphatic heterocycles. The Morgan fingerprint density at radius 2 is 2.14 bits per heavy atom. The van der Waals surface area contributed by atoms with Crippen molar-refractivity contribution >= 4 is 5.91 Å². The highest BCUT2D eigenvalue weighted by Crippen LogP contribution is 2.11. The van der Waals surface area contributed by atoms with Crippen molar-refractivity contribution in [3.05, 3.63) is 0 Å². The van der Waals surface area contributed by atoms with Gasteiger partial charge in [0.1, 0.15) is 0 Å². The van der Waals surface area contributed by atoms with E-state index in [9.17, 15) is 4.79 Å². The third kappa shape index (κ3) is 4.58. The summed E-state index contributed by atoms with van der Waals surface area (Å²) >= 11 is 0. The maximum absolute atomic E-state index is 10.7. The smallest absolute Gasteiger partial charge is 0.217 e. The fourth-order valence-electron chi connectivity index (χ4n) is 1.51. The van der Waals surface area contributed by atoms with E-state index in [2.05, 4.69) is 5.32 Å². The molecule has 0 aromatic heterocycles. The molecule has 1 amide bonds. The Morgan fingerprint density at radius 3 is 2.71 bits per heavy atom. The van der Waals surface area contributed by atoms with Gasteiger partial charge in [-0.05, 0) is 19.8 Å². The first kappa shape index (κ1) is 11.5. The monoisotopic (exact) mass is 201 g/mol. The van der Waals surface area contributed by atoms with Crippen molar-refractivity contribution in [3.63, 3.8) is 0 Å². The van der Waals surface area contributed by atoms with Gasteiger partial charge in [0.2, 0.25) is 5.91 Å². The third-order valence-corrected chi connectivity index (χ3v) is 2.18. The number of hydrogen-bond donors (Lipinski definition) is 1. The summed E-state index contributed by atoms with van der Waals surface area (Å²) in [5, 5.41) is 2.83. The number of rotatable bonds is 4. The van der Waals surface area contributed by atoms with E-state index in [1.165, 1.54) is 6.92 Å². The highest BCUT2D eigenvalue weighted by Gasteiger charge is 2.15. The van der Waals surface area contributed by atoms with E-state index in [4.69, 9.17) is 9.47 Å². The fraction of sp³-hybridized carbons (Fsp3) is 0.900. The quantitative estimate of drug-likeness (QED) is 0.739. The fourth-order valence-corrected chi connectivity index (χ4v) is 1.51. The highest BCUT2D eigenvalue weighted by atomic mass is 16.7. The zero-order valence-electron chi connectivity index (χ0n) is 8.91. The third-order valence-electron chi connectivity index (χ3n) is 2.18. The maximum Gasteiger partial charge on any atom is 0.217 e. The summed E-state index contributed by atoms with van der Waals surface area (Å²) in [5.74, 6) is 0.0166. The molecule has 0 unspecified atom stereocenters. The lowest BCUT2D eigenvalue weighted by Crippen LogP contribution is -2.32. The summed E-state index contributed by atoms with van der Waals surface area (Å²) in [6.07, 6.45) is 2.66. The molecule has 0 saturated carbocycles.